The van der Waals surface area contributed by atoms with Gasteiger partial charge in [0.1, 0.15) is 0 Å². The van der Waals surface area contributed by atoms with Gasteiger partial charge in [0.05, 0.1) is 36.6 Å². The van der Waals surface area contributed by atoms with E-state index < -0.39 is 29.8 Å². The van der Waals surface area contributed by atoms with Gasteiger partial charge in [-0.3, -0.25) is 9.59 Å². The van der Waals surface area contributed by atoms with Crippen molar-refractivity contribution >= 4 is 11.8 Å². The number of rotatable bonds is 8. The molecule has 1 saturated heterocycles. The number of aliphatic hydroxyl groups is 6. The highest BCUT2D eigenvalue weighted by molar-refractivity contribution is 5.78. The molecule has 18 unspecified atom stereocenters. The molecule has 0 aromatic carbocycles. The van der Waals surface area contributed by atoms with Gasteiger partial charge in [0.25, 0.3) is 0 Å². The second-order valence-corrected chi connectivity index (χ2v) is 25.1. The Labute approximate surface area is 385 Å². The Morgan fingerprint density at radius 1 is 0.688 bits per heavy atom. The lowest BCUT2D eigenvalue weighted by atomic mass is 9.43. The fourth-order valence-corrected chi connectivity index (χ4v) is 19.2. The largest absolute Gasteiger partial charge is 0.393 e. The van der Waals surface area contributed by atoms with Gasteiger partial charge in [-0.1, -0.05) is 34.6 Å². The smallest absolute Gasteiger partial charge is 0.222 e. The maximum absolute atomic E-state index is 15.1. The summed E-state index contributed by atoms with van der Waals surface area (Å²) in [5, 5.41) is 69.9. The molecule has 364 valence electrons. The molecule has 8 saturated carbocycles. The fourth-order valence-electron chi connectivity index (χ4n) is 19.2. The Hall–Kier alpha value is -1.34. The third-order valence-electron chi connectivity index (χ3n) is 22.8. The zero-order valence-electron chi connectivity index (χ0n) is 40.3. The summed E-state index contributed by atoms with van der Waals surface area (Å²) in [6.45, 7) is 13.9. The molecule has 64 heavy (non-hydrogen) atoms. The highest BCUT2D eigenvalue weighted by atomic mass is 16.3. The number of nitrogens with two attached hydrogens (primary N) is 1. The third-order valence-corrected chi connectivity index (χ3v) is 22.8. The van der Waals surface area contributed by atoms with Gasteiger partial charge >= 0.3 is 0 Å². The molecule has 11 heteroatoms. The molecular weight excluding hydrogens is 807 g/mol. The van der Waals surface area contributed by atoms with Crippen molar-refractivity contribution in [2.45, 2.75) is 206 Å². The molecule has 0 aromatic rings. The first-order valence-electron chi connectivity index (χ1n) is 26.7. The molecule has 22 atom stereocenters. The van der Waals surface area contributed by atoms with Crippen molar-refractivity contribution in [3.05, 3.63) is 0 Å². The van der Waals surface area contributed by atoms with E-state index in [4.69, 9.17) is 5.73 Å². The lowest BCUT2D eigenvalue weighted by Gasteiger charge is -2.63. The summed E-state index contributed by atoms with van der Waals surface area (Å²) in [6, 6.07) is -0.194. The zero-order valence-corrected chi connectivity index (χ0v) is 40.3. The molecule has 9 rings (SSSR count). The second-order valence-electron chi connectivity index (χ2n) is 25.1. The van der Waals surface area contributed by atoms with Gasteiger partial charge in [-0.25, -0.2) is 0 Å². The molecule has 11 nitrogen and oxygen atoms in total. The Morgan fingerprint density at radius 2 is 1.23 bits per heavy atom. The SMILES string of the molecule is CC(CCC(=O)N1CCCN(CCCN)C(=O)CCC1C1CCC2C3C(O)CC4CC(O)CC[C@]4(C)C3CC(O)[C@@]21C)C1CCC2C3C(O)CC4CC(O)CC[C@]4(C)C3CC(O)[C@]12C. The summed E-state index contributed by atoms with van der Waals surface area (Å²) in [5.74, 6) is 2.23. The monoisotopic (exact) mass is 896 g/mol. The van der Waals surface area contributed by atoms with Gasteiger partial charge in [0, 0.05) is 43.9 Å². The van der Waals surface area contributed by atoms with Gasteiger partial charge in [-0.15, -0.1) is 0 Å². The Morgan fingerprint density at radius 3 is 1.83 bits per heavy atom. The molecule has 0 radical (unpaired) electrons. The molecule has 9 aliphatic rings. The Balaban J connectivity index is 0.940. The van der Waals surface area contributed by atoms with E-state index in [0.717, 1.165) is 83.5 Å². The van der Waals surface area contributed by atoms with E-state index in [-0.39, 0.29) is 111 Å². The van der Waals surface area contributed by atoms with Crippen molar-refractivity contribution in [3.63, 3.8) is 0 Å². The molecule has 0 aromatic heterocycles. The van der Waals surface area contributed by atoms with Crippen LogP contribution in [0.4, 0.5) is 0 Å². The number of aliphatic hydroxyl groups excluding tert-OH is 6. The summed E-state index contributed by atoms with van der Waals surface area (Å²) >= 11 is 0. The van der Waals surface area contributed by atoms with Crippen LogP contribution in [-0.2, 0) is 9.59 Å². The Kier molecular flexibility index (Phi) is 13.3. The number of nitrogens with zero attached hydrogens (tertiary/aromatic N) is 2. The predicted molar refractivity (Wildman–Crippen MR) is 246 cm³/mol. The lowest BCUT2D eigenvalue weighted by molar-refractivity contribution is -0.208. The van der Waals surface area contributed by atoms with Crippen LogP contribution in [0.25, 0.3) is 0 Å². The van der Waals surface area contributed by atoms with Gasteiger partial charge in [0.2, 0.25) is 11.8 Å². The van der Waals surface area contributed by atoms with Crippen molar-refractivity contribution in [1.82, 2.24) is 9.80 Å². The van der Waals surface area contributed by atoms with Gasteiger partial charge in [-0.2, -0.15) is 0 Å². The van der Waals surface area contributed by atoms with Crippen molar-refractivity contribution in [2.24, 2.45) is 92.5 Å². The summed E-state index contributed by atoms with van der Waals surface area (Å²) in [5.41, 5.74) is 5.06. The van der Waals surface area contributed by atoms with Crippen LogP contribution in [-0.4, -0.2) is 121 Å². The number of fused-ring (bicyclic) bond motifs is 10. The van der Waals surface area contributed by atoms with Crippen LogP contribution in [0.2, 0.25) is 0 Å². The molecule has 8 aliphatic carbocycles. The number of carbonyl (C=O) groups is 2. The number of hydrogen-bond donors (Lipinski definition) is 7. The van der Waals surface area contributed by atoms with Crippen LogP contribution in [0.3, 0.4) is 0 Å². The van der Waals surface area contributed by atoms with Gasteiger partial charge < -0.3 is 46.2 Å². The van der Waals surface area contributed by atoms with Crippen LogP contribution in [0.1, 0.15) is 163 Å². The van der Waals surface area contributed by atoms with E-state index >= 15 is 4.79 Å². The van der Waals surface area contributed by atoms with Crippen molar-refractivity contribution in [1.29, 1.82) is 0 Å². The van der Waals surface area contributed by atoms with Crippen LogP contribution < -0.4 is 5.73 Å². The molecular formula is C53H89N3O8. The molecule has 1 aliphatic heterocycles. The highest BCUT2D eigenvalue weighted by Crippen LogP contribution is 2.70. The lowest BCUT2D eigenvalue weighted by Crippen LogP contribution is -2.63. The third kappa shape index (κ3) is 7.59. The zero-order chi connectivity index (χ0) is 45.7. The number of carbonyl (C=O) groups excluding carboxylic acids is 2. The molecule has 9 fully saturated rings. The van der Waals surface area contributed by atoms with E-state index in [2.05, 4.69) is 39.5 Å². The average molecular weight is 896 g/mol. The number of amides is 2. The highest BCUT2D eigenvalue weighted by Gasteiger charge is 2.68. The maximum Gasteiger partial charge on any atom is 0.222 e. The van der Waals surface area contributed by atoms with Crippen LogP contribution in [0, 0.1) is 86.8 Å². The van der Waals surface area contributed by atoms with Crippen molar-refractivity contribution in [3.8, 4) is 0 Å². The number of hydrogen-bond acceptors (Lipinski definition) is 9. The van der Waals surface area contributed by atoms with Crippen LogP contribution in [0.5, 0.6) is 0 Å². The standard InChI is InChI=1S/C53H89N3O8/c1-30(35-9-11-37-48-39(28-44(61)52(35,37)4)50(2)18-16-33(57)24-31(50)26-42(48)59)8-14-47(64)56-23-7-22-55(21-6-20-54)46(63)15-13-41(56)36-10-12-38-49-40(29-45(62)53(36,38)5)51(3)19-17-34(58)25-32(51)27-43(49)60/h30-45,48-49,57-62H,6-29,54H2,1-5H3/t30?,31?,32?,33?,34?,35?,36?,37?,38?,39?,40?,41?,42?,43?,44?,45?,48?,49?,50-,51-,52+,53+/m0/s1. The van der Waals surface area contributed by atoms with E-state index in [9.17, 15) is 35.4 Å². The van der Waals surface area contributed by atoms with Crippen LogP contribution >= 0.6 is 0 Å². The van der Waals surface area contributed by atoms with E-state index in [1.165, 1.54) is 0 Å². The van der Waals surface area contributed by atoms with E-state index in [1.54, 1.807) is 0 Å². The van der Waals surface area contributed by atoms with E-state index in [1.807, 2.05) is 4.90 Å². The second kappa shape index (κ2) is 17.9. The van der Waals surface area contributed by atoms with Crippen LogP contribution in [0.15, 0.2) is 0 Å². The minimum Gasteiger partial charge on any atom is -0.393 e. The van der Waals surface area contributed by atoms with E-state index in [0.29, 0.717) is 71.1 Å². The minimum atomic E-state index is -0.583. The molecule has 1 heterocycles. The summed E-state index contributed by atoms with van der Waals surface area (Å²) in [6.07, 6.45) is 12.3. The van der Waals surface area contributed by atoms with Crippen molar-refractivity contribution < 1.29 is 40.2 Å². The quantitative estimate of drug-likeness (QED) is 0.156. The average Bonchev–Trinajstić information content (AvgIpc) is 3.82. The summed E-state index contributed by atoms with van der Waals surface area (Å²) in [7, 11) is 0. The first-order valence-corrected chi connectivity index (χ1v) is 26.7. The molecule has 0 spiro atoms. The summed E-state index contributed by atoms with van der Waals surface area (Å²) < 4.78 is 0. The van der Waals surface area contributed by atoms with Gasteiger partial charge in [0.15, 0.2) is 0 Å². The predicted octanol–water partition coefficient (Wildman–Crippen LogP) is 5.88. The summed E-state index contributed by atoms with van der Waals surface area (Å²) in [4.78, 5) is 33.1. The van der Waals surface area contributed by atoms with Crippen molar-refractivity contribution in [2.75, 3.05) is 26.2 Å². The normalized spacial score (nSPS) is 52.2. The minimum absolute atomic E-state index is 0.000221. The molecule has 8 N–H and O–H groups in total. The molecule has 0 bridgehead atoms. The maximum atomic E-state index is 15.1. The van der Waals surface area contributed by atoms with Gasteiger partial charge in [-0.05, 0) is 203 Å². The topological polar surface area (TPSA) is 188 Å². The fraction of sp³-hybridized carbons (Fsp3) is 0.962. The Bertz CT molecular complexity index is 1700. The first kappa shape index (κ1) is 47.7. The first-order chi connectivity index (χ1) is 30.4. The molecule has 2 amide bonds.